The number of hydrogen-bond donors (Lipinski definition) is 2. The summed E-state index contributed by atoms with van der Waals surface area (Å²) in [5.41, 5.74) is 2.92. The smallest absolute Gasteiger partial charge is 0.251 e. The molecule has 27 heavy (non-hydrogen) atoms. The first-order valence-corrected chi connectivity index (χ1v) is 10.2. The molecule has 2 N–H and O–H groups in total. The van der Waals surface area contributed by atoms with Crippen LogP contribution in [-0.2, 0) is 0 Å². The highest BCUT2D eigenvalue weighted by molar-refractivity contribution is 5.95. The third-order valence-corrected chi connectivity index (χ3v) is 5.57. The molecule has 1 saturated heterocycles. The van der Waals surface area contributed by atoms with E-state index in [9.17, 15) is 4.79 Å². The minimum Gasteiger partial charge on any atom is -0.372 e. The number of anilines is 3. The molecule has 1 saturated carbocycles. The highest BCUT2D eigenvalue weighted by Gasteiger charge is 2.18. The molecule has 0 bridgehead atoms. The Morgan fingerprint density at radius 3 is 2.44 bits per heavy atom. The number of nitrogens with zero attached hydrogens (tertiary/aromatic N) is 2. The molecule has 2 aliphatic rings. The fourth-order valence-corrected chi connectivity index (χ4v) is 4.03. The summed E-state index contributed by atoms with van der Waals surface area (Å²) in [7, 11) is 0. The highest BCUT2D eigenvalue weighted by atomic mass is 16.1. The van der Waals surface area contributed by atoms with E-state index in [1.54, 1.807) is 12.3 Å². The van der Waals surface area contributed by atoms with Crippen molar-refractivity contribution in [2.24, 2.45) is 0 Å². The van der Waals surface area contributed by atoms with Gasteiger partial charge < -0.3 is 15.5 Å². The molecule has 0 spiro atoms. The topological polar surface area (TPSA) is 57.3 Å². The van der Waals surface area contributed by atoms with Crippen LogP contribution in [0.5, 0.6) is 0 Å². The summed E-state index contributed by atoms with van der Waals surface area (Å²) in [4.78, 5) is 19.3. The summed E-state index contributed by atoms with van der Waals surface area (Å²) >= 11 is 0. The predicted molar refractivity (Wildman–Crippen MR) is 110 cm³/mol. The van der Waals surface area contributed by atoms with Crippen LogP contribution in [0, 0.1) is 0 Å². The summed E-state index contributed by atoms with van der Waals surface area (Å²) in [5.74, 6) is 0.688. The lowest BCUT2D eigenvalue weighted by Gasteiger charge is -2.28. The molecule has 1 aromatic carbocycles. The molecule has 1 aliphatic carbocycles. The number of aromatic nitrogens is 1. The van der Waals surface area contributed by atoms with Gasteiger partial charge in [-0.25, -0.2) is 4.98 Å². The molecule has 1 aliphatic heterocycles. The number of carbonyl (C=O) groups excluding carboxylic acids is 1. The number of pyridine rings is 1. The molecule has 5 heteroatoms. The Hall–Kier alpha value is -2.56. The summed E-state index contributed by atoms with van der Waals surface area (Å²) in [5, 5.41) is 6.44. The van der Waals surface area contributed by atoms with Crippen LogP contribution in [0.3, 0.4) is 0 Å². The zero-order valence-electron chi connectivity index (χ0n) is 15.8. The molecule has 0 atom stereocenters. The van der Waals surface area contributed by atoms with Crippen molar-refractivity contribution in [2.75, 3.05) is 23.3 Å². The van der Waals surface area contributed by atoms with Crippen LogP contribution in [0.4, 0.5) is 17.2 Å². The third kappa shape index (κ3) is 4.59. The van der Waals surface area contributed by atoms with Gasteiger partial charge in [0, 0.05) is 42.3 Å². The van der Waals surface area contributed by atoms with Gasteiger partial charge >= 0.3 is 0 Å². The minimum absolute atomic E-state index is 0.00667. The lowest BCUT2D eigenvalue weighted by Crippen LogP contribution is -2.32. The minimum atomic E-state index is -0.00667. The Morgan fingerprint density at radius 2 is 1.70 bits per heavy atom. The van der Waals surface area contributed by atoms with Gasteiger partial charge in [-0.05, 0) is 68.5 Å². The number of amides is 1. The second kappa shape index (κ2) is 8.42. The van der Waals surface area contributed by atoms with E-state index in [1.807, 2.05) is 6.07 Å². The van der Waals surface area contributed by atoms with Crippen molar-refractivity contribution in [1.29, 1.82) is 0 Å². The molecular weight excluding hydrogens is 336 g/mol. The van der Waals surface area contributed by atoms with E-state index < -0.39 is 0 Å². The Labute approximate surface area is 161 Å². The molecule has 0 unspecified atom stereocenters. The van der Waals surface area contributed by atoms with Crippen molar-refractivity contribution in [3.63, 3.8) is 0 Å². The van der Waals surface area contributed by atoms with E-state index in [4.69, 9.17) is 0 Å². The largest absolute Gasteiger partial charge is 0.372 e. The molecule has 0 radical (unpaired) electrons. The first-order chi connectivity index (χ1) is 13.3. The van der Waals surface area contributed by atoms with Crippen LogP contribution in [0.2, 0.25) is 0 Å². The second-order valence-electron chi connectivity index (χ2n) is 7.60. The summed E-state index contributed by atoms with van der Waals surface area (Å²) in [6, 6.07) is 12.4. The normalized spacial score (nSPS) is 17.7. The molecule has 5 nitrogen and oxygen atoms in total. The van der Waals surface area contributed by atoms with Gasteiger partial charge in [-0.3, -0.25) is 4.79 Å². The van der Waals surface area contributed by atoms with Crippen molar-refractivity contribution in [2.45, 2.75) is 51.0 Å². The molecule has 1 amide bonds. The van der Waals surface area contributed by atoms with Crippen molar-refractivity contribution < 1.29 is 4.79 Å². The second-order valence-corrected chi connectivity index (χ2v) is 7.60. The Kier molecular flexibility index (Phi) is 5.56. The van der Waals surface area contributed by atoms with Crippen molar-refractivity contribution >= 4 is 23.1 Å². The lowest BCUT2D eigenvalue weighted by atomic mass is 10.1. The Balaban J connectivity index is 1.39. The SMILES string of the molecule is O=C(NC1CCCC1)c1ccnc(Nc2ccc(N3CCCCC3)cc2)c1. The van der Waals surface area contributed by atoms with E-state index in [-0.39, 0.29) is 5.91 Å². The van der Waals surface area contributed by atoms with Crippen molar-refractivity contribution in [1.82, 2.24) is 10.3 Å². The molecule has 2 heterocycles. The van der Waals surface area contributed by atoms with Gasteiger partial charge in [0.05, 0.1) is 0 Å². The number of carbonyl (C=O) groups is 1. The summed E-state index contributed by atoms with van der Waals surface area (Å²) < 4.78 is 0. The fourth-order valence-electron chi connectivity index (χ4n) is 4.03. The average Bonchev–Trinajstić information content (AvgIpc) is 3.22. The quantitative estimate of drug-likeness (QED) is 0.821. The maximum atomic E-state index is 12.5. The van der Waals surface area contributed by atoms with E-state index in [0.717, 1.165) is 31.6 Å². The summed E-state index contributed by atoms with van der Waals surface area (Å²) in [6.45, 7) is 2.29. The van der Waals surface area contributed by atoms with E-state index in [2.05, 4.69) is 44.8 Å². The highest BCUT2D eigenvalue weighted by Crippen LogP contribution is 2.24. The molecule has 2 fully saturated rings. The number of nitrogens with one attached hydrogen (secondary N) is 2. The zero-order chi connectivity index (χ0) is 18.5. The standard InChI is InChI=1S/C22H28N4O/c27-22(25-18-6-2-3-7-18)17-12-13-23-21(16-17)24-19-8-10-20(11-9-19)26-14-4-1-5-15-26/h8-13,16,18H,1-7,14-15H2,(H,23,24)(H,25,27). The first-order valence-electron chi connectivity index (χ1n) is 10.2. The van der Waals surface area contributed by atoms with E-state index in [1.165, 1.54) is 37.8 Å². The van der Waals surface area contributed by atoms with Crippen LogP contribution >= 0.6 is 0 Å². The summed E-state index contributed by atoms with van der Waals surface area (Å²) in [6.07, 6.45) is 10.2. The van der Waals surface area contributed by atoms with Crippen LogP contribution in [-0.4, -0.2) is 30.0 Å². The maximum absolute atomic E-state index is 12.5. The van der Waals surface area contributed by atoms with Gasteiger partial charge in [-0.2, -0.15) is 0 Å². The van der Waals surface area contributed by atoms with Crippen molar-refractivity contribution in [3.05, 3.63) is 48.2 Å². The van der Waals surface area contributed by atoms with Crippen LogP contribution in [0.15, 0.2) is 42.6 Å². The van der Waals surface area contributed by atoms with Crippen LogP contribution in [0.1, 0.15) is 55.3 Å². The molecule has 142 valence electrons. The molecule has 1 aromatic heterocycles. The Morgan fingerprint density at radius 1 is 0.963 bits per heavy atom. The van der Waals surface area contributed by atoms with Gasteiger partial charge in [-0.15, -0.1) is 0 Å². The van der Waals surface area contributed by atoms with Gasteiger partial charge in [-0.1, -0.05) is 12.8 Å². The monoisotopic (exact) mass is 364 g/mol. The van der Waals surface area contributed by atoms with E-state index >= 15 is 0 Å². The third-order valence-electron chi connectivity index (χ3n) is 5.57. The number of piperidine rings is 1. The van der Waals surface area contributed by atoms with E-state index in [0.29, 0.717) is 17.4 Å². The maximum Gasteiger partial charge on any atom is 0.251 e. The van der Waals surface area contributed by atoms with Crippen LogP contribution in [0.25, 0.3) is 0 Å². The molecule has 2 aromatic rings. The van der Waals surface area contributed by atoms with Crippen LogP contribution < -0.4 is 15.5 Å². The molecular formula is C22H28N4O. The average molecular weight is 364 g/mol. The first kappa shape index (κ1) is 17.8. The number of rotatable bonds is 5. The zero-order valence-corrected chi connectivity index (χ0v) is 15.8. The van der Waals surface area contributed by atoms with Crippen molar-refractivity contribution in [3.8, 4) is 0 Å². The number of benzene rings is 1. The van der Waals surface area contributed by atoms with Gasteiger partial charge in [0.15, 0.2) is 0 Å². The Bertz CT molecular complexity index is 762. The van der Waals surface area contributed by atoms with Gasteiger partial charge in [0.25, 0.3) is 5.91 Å². The predicted octanol–water partition coefficient (Wildman–Crippen LogP) is 4.49. The number of hydrogen-bond acceptors (Lipinski definition) is 4. The van der Waals surface area contributed by atoms with Gasteiger partial charge in [0.1, 0.15) is 5.82 Å². The van der Waals surface area contributed by atoms with Gasteiger partial charge in [0.2, 0.25) is 0 Å². The molecule has 4 rings (SSSR count). The lowest BCUT2D eigenvalue weighted by molar-refractivity contribution is 0.0938. The fraction of sp³-hybridized carbons (Fsp3) is 0.455.